The molecule has 3 N–H and O–H groups in total. The third kappa shape index (κ3) is 3.60. The average molecular weight is 436 g/mol. The van der Waals surface area contributed by atoms with E-state index in [0.29, 0.717) is 19.3 Å². The molecule has 1 heterocycles. The minimum atomic E-state index is -1.11. The van der Waals surface area contributed by atoms with Crippen LogP contribution in [0.15, 0.2) is 48.5 Å². The van der Waals surface area contributed by atoms with Crippen molar-refractivity contribution in [2.24, 2.45) is 0 Å². The summed E-state index contributed by atoms with van der Waals surface area (Å²) < 4.78 is 10.7. The normalized spacial score (nSPS) is 22.5. The van der Waals surface area contributed by atoms with Crippen molar-refractivity contribution in [3.8, 4) is 11.1 Å². The molecule has 0 aromatic heterocycles. The monoisotopic (exact) mass is 436 g/mol. The molecule has 2 aromatic rings. The second-order valence-electron chi connectivity index (χ2n) is 8.53. The number of aliphatic carboxylic acids is 1. The number of carboxylic acid groups (broad SMARTS) is 1. The minimum absolute atomic E-state index is 0.0657. The number of alkyl carbamates (subject to hydrolysis) is 1. The Bertz CT molecular complexity index is 1030. The molecule has 0 unspecified atom stereocenters. The summed E-state index contributed by atoms with van der Waals surface area (Å²) in [6, 6.07) is 15.5. The number of benzene rings is 2. The lowest BCUT2D eigenvalue weighted by Crippen LogP contribution is -2.54. The summed E-state index contributed by atoms with van der Waals surface area (Å²) in [5, 5.41) is 14.6. The molecule has 2 amide bonds. The lowest BCUT2D eigenvalue weighted by atomic mass is 9.98. The van der Waals surface area contributed by atoms with Crippen LogP contribution in [0.4, 0.5) is 4.79 Å². The molecule has 2 aromatic carbocycles. The molecule has 3 aliphatic rings. The van der Waals surface area contributed by atoms with Crippen molar-refractivity contribution in [1.29, 1.82) is 0 Å². The van der Waals surface area contributed by atoms with Crippen LogP contribution in [0.2, 0.25) is 0 Å². The molecule has 5 rings (SSSR count). The number of nitrogens with one attached hydrogen (secondary N) is 2. The second kappa shape index (κ2) is 7.94. The first-order valence-electron chi connectivity index (χ1n) is 10.8. The van der Waals surface area contributed by atoms with Gasteiger partial charge in [-0.1, -0.05) is 48.5 Å². The van der Waals surface area contributed by atoms with E-state index in [2.05, 4.69) is 22.8 Å². The van der Waals surface area contributed by atoms with Crippen LogP contribution < -0.4 is 10.6 Å². The SMILES string of the molecule is O=C(NC1(C(=O)N[C@@H]2CCO[C@@H]2C(=O)O)CC1)OCC1c2ccccc2-c2ccccc21. The van der Waals surface area contributed by atoms with Crippen LogP contribution >= 0.6 is 0 Å². The Morgan fingerprint density at radius 1 is 1.03 bits per heavy atom. The van der Waals surface area contributed by atoms with Crippen molar-refractivity contribution in [3.63, 3.8) is 0 Å². The highest BCUT2D eigenvalue weighted by Gasteiger charge is 2.53. The van der Waals surface area contributed by atoms with E-state index >= 15 is 0 Å². The largest absolute Gasteiger partial charge is 0.479 e. The first-order valence-corrected chi connectivity index (χ1v) is 10.8. The van der Waals surface area contributed by atoms with Gasteiger partial charge in [-0.15, -0.1) is 0 Å². The second-order valence-corrected chi connectivity index (χ2v) is 8.53. The van der Waals surface area contributed by atoms with E-state index in [9.17, 15) is 19.5 Å². The van der Waals surface area contributed by atoms with Crippen LogP contribution in [0.3, 0.4) is 0 Å². The van der Waals surface area contributed by atoms with Crippen molar-refractivity contribution in [2.75, 3.05) is 13.2 Å². The summed E-state index contributed by atoms with van der Waals surface area (Å²) in [5.41, 5.74) is 3.46. The smallest absolute Gasteiger partial charge is 0.408 e. The number of carbonyl (C=O) groups is 3. The Morgan fingerprint density at radius 2 is 1.66 bits per heavy atom. The number of ether oxygens (including phenoxy) is 2. The molecule has 2 atom stereocenters. The molecule has 32 heavy (non-hydrogen) atoms. The predicted molar refractivity (Wildman–Crippen MR) is 114 cm³/mol. The maximum atomic E-state index is 12.7. The van der Waals surface area contributed by atoms with Gasteiger partial charge in [-0.3, -0.25) is 4.79 Å². The van der Waals surface area contributed by atoms with E-state index in [0.717, 1.165) is 22.3 Å². The topological polar surface area (TPSA) is 114 Å². The van der Waals surface area contributed by atoms with E-state index in [4.69, 9.17) is 9.47 Å². The van der Waals surface area contributed by atoms with Crippen molar-refractivity contribution in [2.45, 2.75) is 42.9 Å². The van der Waals surface area contributed by atoms with Crippen LogP contribution in [0.5, 0.6) is 0 Å². The molecule has 0 bridgehead atoms. The molecular weight excluding hydrogens is 412 g/mol. The predicted octanol–water partition coefficient (Wildman–Crippen LogP) is 2.42. The van der Waals surface area contributed by atoms with Crippen molar-refractivity contribution >= 4 is 18.0 Å². The molecule has 0 spiro atoms. The van der Waals surface area contributed by atoms with Crippen molar-refractivity contribution in [3.05, 3.63) is 59.7 Å². The van der Waals surface area contributed by atoms with Crippen LogP contribution in [0.25, 0.3) is 11.1 Å². The fourth-order valence-electron chi connectivity index (χ4n) is 4.65. The third-order valence-corrected chi connectivity index (χ3v) is 6.52. The number of fused-ring (bicyclic) bond motifs is 3. The summed E-state index contributed by atoms with van der Waals surface area (Å²) in [4.78, 5) is 36.6. The number of hydrogen-bond acceptors (Lipinski definition) is 5. The van der Waals surface area contributed by atoms with Crippen molar-refractivity contribution in [1.82, 2.24) is 10.6 Å². The Kier molecular flexibility index (Phi) is 5.09. The number of carboxylic acids is 1. The molecule has 8 heteroatoms. The average Bonchev–Trinajstić information content (AvgIpc) is 3.29. The third-order valence-electron chi connectivity index (χ3n) is 6.52. The highest BCUT2D eigenvalue weighted by molar-refractivity contribution is 5.93. The standard InChI is InChI=1S/C24H24N2O6/c27-21(28)20-19(9-12-31-20)25-22(29)24(10-11-24)26-23(30)32-13-18-16-7-3-1-5-14(16)15-6-2-4-8-17(15)18/h1-8,18-20H,9-13H2,(H,25,29)(H,26,30)(H,27,28)/t19-,20+/m1/s1. The van der Waals surface area contributed by atoms with E-state index in [1.54, 1.807) is 0 Å². The van der Waals surface area contributed by atoms with Crippen LogP contribution in [0.1, 0.15) is 36.3 Å². The molecule has 166 valence electrons. The molecule has 2 aliphatic carbocycles. The van der Waals surface area contributed by atoms with Gasteiger partial charge in [0.15, 0.2) is 6.10 Å². The van der Waals surface area contributed by atoms with Gasteiger partial charge in [0, 0.05) is 12.5 Å². The zero-order valence-corrected chi connectivity index (χ0v) is 17.4. The van der Waals surface area contributed by atoms with E-state index in [-0.39, 0.29) is 19.1 Å². The number of carbonyl (C=O) groups excluding carboxylic acids is 2. The molecule has 2 fully saturated rings. The fourth-order valence-corrected chi connectivity index (χ4v) is 4.65. The Morgan fingerprint density at radius 3 is 2.25 bits per heavy atom. The number of hydrogen-bond donors (Lipinski definition) is 3. The summed E-state index contributed by atoms with van der Waals surface area (Å²) in [7, 11) is 0. The molecule has 0 radical (unpaired) electrons. The van der Waals surface area contributed by atoms with Gasteiger partial charge in [-0.25, -0.2) is 9.59 Å². The Hall–Kier alpha value is -3.39. The Labute approximate surface area is 184 Å². The molecule has 8 nitrogen and oxygen atoms in total. The Balaban J connectivity index is 1.21. The molecular formula is C24H24N2O6. The van der Waals surface area contributed by atoms with Gasteiger partial charge in [-0.05, 0) is 41.5 Å². The summed E-state index contributed by atoms with van der Waals surface area (Å²) in [6.45, 7) is 0.434. The highest BCUT2D eigenvalue weighted by Crippen LogP contribution is 2.44. The minimum Gasteiger partial charge on any atom is -0.479 e. The first kappa shape index (κ1) is 20.5. The first-order chi connectivity index (χ1) is 15.5. The zero-order chi connectivity index (χ0) is 22.3. The van der Waals surface area contributed by atoms with Gasteiger partial charge in [0.2, 0.25) is 5.91 Å². The number of amides is 2. The summed E-state index contributed by atoms with van der Waals surface area (Å²) >= 11 is 0. The highest BCUT2D eigenvalue weighted by atomic mass is 16.5. The quantitative estimate of drug-likeness (QED) is 0.641. The van der Waals surface area contributed by atoms with E-state index in [1.165, 1.54) is 0 Å². The summed E-state index contributed by atoms with van der Waals surface area (Å²) in [6.07, 6.45) is -0.340. The lowest BCUT2D eigenvalue weighted by Gasteiger charge is -2.22. The van der Waals surface area contributed by atoms with Gasteiger partial charge in [0.05, 0.1) is 6.04 Å². The van der Waals surface area contributed by atoms with Gasteiger partial charge in [0.1, 0.15) is 12.1 Å². The lowest BCUT2D eigenvalue weighted by molar-refractivity contribution is -0.148. The van der Waals surface area contributed by atoms with Crippen LogP contribution in [-0.4, -0.2) is 54.0 Å². The maximum absolute atomic E-state index is 12.7. The van der Waals surface area contributed by atoms with Gasteiger partial charge < -0.3 is 25.2 Å². The van der Waals surface area contributed by atoms with Gasteiger partial charge in [0.25, 0.3) is 0 Å². The zero-order valence-electron chi connectivity index (χ0n) is 17.4. The van der Waals surface area contributed by atoms with Crippen LogP contribution in [-0.2, 0) is 19.1 Å². The molecule has 1 aliphatic heterocycles. The van der Waals surface area contributed by atoms with E-state index < -0.39 is 35.7 Å². The van der Waals surface area contributed by atoms with Gasteiger partial charge in [-0.2, -0.15) is 0 Å². The molecule has 1 saturated carbocycles. The molecule has 1 saturated heterocycles. The van der Waals surface area contributed by atoms with Crippen molar-refractivity contribution < 1.29 is 29.0 Å². The number of rotatable bonds is 6. The summed E-state index contributed by atoms with van der Waals surface area (Å²) in [5.74, 6) is -1.57. The van der Waals surface area contributed by atoms with E-state index in [1.807, 2.05) is 36.4 Å². The van der Waals surface area contributed by atoms with Crippen LogP contribution in [0, 0.1) is 0 Å². The fraction of sp³-hybridized carbons (Fsp3) is 0.375. The maximum Gasteiger partial charge on any atom is 0.408 e. The van der Waals surface area contributed by atoms with Gasteiger partial charge >= 0.3 is 12.1 Å².